The Labute approximate surface area is 163 Å². The van der Waals surface area contributed by atoms with E-state index in [-0.39, 0.29) is 12.1 Å². The van der Waals surface area contributed by atoms with E-state index in [0.29, 0.717) is 0 Å². The van der Waals surface area contributed by atoms with Gasteiger partial charge in [-0.1, -0.05) is 12.1 Å². The standard InChI is InChI=1S/C20H20N4S2/c1-23(2)14-8-10-15(11-9-14)24-19(17-7-5-13-26-17)18(22-20(24)25)16-6-3-4-12-21-16/h3-13,18-19H,1-2H3,(H,22,25)/t18-,19+/m0/s1. The number of hydrogen-bond donors (Lipinski definition) is 1. The van der Waals surface area contributed by atoms with Crippen LogP contribution < -0.4 is 15.1 Å². The van der Waals surface area contributed by atoms with E-state index in [1.807, 2.05) is 32.4 Å². The summed E-state index contributed by atoms with van der Waals surface area (Å²) in [5.74, 6) is 0. The van der Waals surface area contributed by atoms with E-state index in [0.717, 1.165) is 16.5 Å². The Kier molecular flexibility index (Phi) is 4.61. The van der Waals surface area contributed by atoms with Crippen LogP contribution in [-0.2, 0) is 0 Å². The molecular weight excluding hydrogens is 360 g/mol. The van der Waals surface area contributed by atoms with Crippen LogP contribution in [-0.4, -0.2) is 24.2 Å². The number of rotatable bonds is 4. The fourth-order valence-corrected chi connectivity index (χ4v) is 4.49. The second-order valence-electron chi connectivity index (χ2n) is 6.42. The fraction of sp³-hybridized carbons (Fsp3) is 0.200. The lowest BCUT2D eigenvalue weighted by Gasteiger charge is -2.27. The molecule has 2 aromatic heterocycles. The maximum atomic E-state index is 5.72. The fourth-order valence-electron chi connectivity index (χ4n) is 3.29. The number of nitrogens with zero attached hydrogens (tertiary/aromatic N) is 3. The average molecular weight is 381 g/mol. The molecule has 6 heteroatoms. The van der Waals surface area contributed by atoms with Crippen LogP contribution in [0.25, 0.3) is 0 Å². The molecule has 2 atom stereocenters. The summed E-state index contributed by atoms with van der Waals surface area (Å²) >= 11 is 7.47. The first-order valence-corrected chi connectivity index (χ1v) is 9.75. The van der Waals surface area contributed by atoms with E-state index in [1.165, 1.54) is 10.6 Å². The molecule has 1 aliphatic heterocycles. The predicted molar refractivity (Wildman–Crippen MR) is 113 cm³/mol. The minimum Gasteiger partial charge on any atom is -0.378 e. The van der Waals surface area contributed by atoms with Crippen molar-refractivity contribution in [1.82, 2.24) is 10.3 Å². The van der Waals surface area contributed by atoms with Crippen molar-refractivity contribution in [2.45, 2.75) is 12.1 Å². The van der Waals surface area contributed by atoms with E-state index in [4.69, 9.17) is 12.2 Å². The maximum Gasteiger partial charge on any atom is 0.174 e. The van der Waals surface area contributed by atoms with E-state index >= 15 is 0 Å². The van der Waals surface area contributed by atoms with Gasteiger partial charge in [-0.2, -0.15) is 0 Å². The van der Waals surface area contributed by atoms with Gasteiger partial charge in [-0.3, -0.25) is 4.98 Å². The monoisotopic (exact) mass is 380 g/mol. The molecule has 1 saturated heterocycles. The van der Waals surface area contributed by atoms with Crippen molar-refractivity contribution in [2.24, 2.45) is 0 Å². The third-order valence-corrected chi connectivity index (χ3v) is 5.83. The Morgan fingerprint density at radius 3 is 2.50 bits per heavy atom. The van der Waals surface area contributed by atoms with Crippen molar-refractivity contribution < 1.29 is 0 Å². The van der Waals surface area contributed by atoms with Crippen molar-refractivity contribution in [3.63, 3.8) is 0 Å². The number of benzene rings is 1. The summed E-state index contributed by atoms with van der Waals surface area (Å²) < 4.78 is 0. The lowest BCUT2D eigenvalue weighted by Crippen LogP contribution is -2.29. The zero-order chi connectivity index (χ0) is 18.1. The van der Waals surface area contributed by atoms with Gasteiger partial charge in [0.1, 0.15) is 0 Å². The van der Waals surface area contributed by atoms with Crippen LogP contribution in [0.3, 0.4) is 0 Å². The molecule has 4 nitrogen and oxygen atoms in total. The molecule has 0 aliphatic carbocycles. The molecule has 1 aliphatic rings. The van der Waals surface area contributed by atoms with Gasteiger partial charge in [0, 0.05) is 36.5 Å². The molecule has 0 unspecified atom stereocenters. The molecule has 3 heterocycles. The molecule has 1 fully saturated rings. The van der Waals surface area contributed by atoms with Crippen LogP contribution >= 0.6 is 23.6 Å². The summed E-state index contributed by atoms with van der Waals surface area (Å²) in [6.45, 7) is 0. The maximum absolute atomic E-state index is 5.72. The molecule has 26 heavy (non-hydrogen) atoms. The summed E-state index contributed by atoms with van der Waals surface area (Å²) in [7, 11) is 4.09. The number of nitrogens with one attached hydrogen (secondary N) is 1. The minimum atomic E-state index is 0.0240. The SMILES string of the molecule is CN(C)c1ccc(N2C(=S)N[C@@H](c3ccccn3)[C@H]2c2cccs2)cc1. The number of pyridine rings is 1. The molecule has 3 aromatic rings. The van der Waals surface area contributed by atoms with Crippen molar-refractivity contribution in [2.75, 3.05) is 23.9 Å². The highest BCUT2D eigenvalue weighted by molar-refractivity contribution is 7.80. The van der Waals surface area contributed by atoms with Gasteiger partial charge < -0.3 is 15.1 Å². The van der Waals surface area contributed by atoms with Crippen molar-refractivity contribution >= 4 is 40.0 Å². The minimum absolute atomic E-state index is 0.0240. The van der Waals surface area contributed by atoms with Crippen LogP contribution in [0.5, 0.6) is 0 Å². The number of thiocarbonyl (C=S) groups is 1. The van der Waals surface area contributed by atoms with Gasteiger partial charge in [0.2, 0.25) is 0 Å². The normalized spacial score (nSPS) is 19.5. The summed E-state index contributed by atoms with van der Waals surface area (Å²) in [6.07, 6.45) is 1.83. The van der Waals surface area contributed by atoms with Gasteiger partial charge >= 0.3 is 0 Å². The molecule has 1 aromatic carbocycles. The smallest absolute Gasteiger partial charge is 0.174 e. The van der Waals surface area contributed by atoms with Gasteiger partial charge in [-0.15, -0.1) is 11.3 Å². The first-order valence-electron chi connectivity index (χ1n) is 8.46. The number of thiophene rings is 1. The number of hydrogen-bond acceptors (Lipinski definition) is 4. The molecule has 132 valence electrons. The predicted octanol–water partition coefficient (Wildman–Crippen LogP) is 4.39. The first-order chi connectivity index (χ1) is 12.6. The second-order valence-corrected chi connectivity index (χ2v) is 7.79. The third kappa shape index (κ3) is 3.06. The molecule has 0 bridgehead atoms. The lowest BCUT2D eigenvalue weighted by atomic mass is 10.0. The summed E-state index contributed by atoms with van der Waals surface area (Å²) in [5, 5.41) is 6.33. The van der Waals surface area contributed by atoms with Crippen molar-refractivity contribution in [3.05, 3.63) is 76.7 Å². The highest BCUT2D eigenvalue weighted by Gasteiger charge is 2.41. The largest absolute Gasteiger partial charge is 0.378 e. The van der Waals surface area contributed by atoms with Crippen LogP contribution in [0, 0.1) is 0 Å². The molecule has 0 radical (unpaired) electrons. The van der Waals surface area contributed by atoms with Crippen molar-refractivity contribution in [1.29, 1.82) is 0 Å². The highest BCUT2D eigenvalue weighted by Crippen LogP contribution is 2.43. The van der Waals surface area contributed by atoms with Gasteiger partial charge in [-0.05, 0) is 60.1 Å². The zero-order valence-corrected chi connectivity index (χ0v) is 16.3. The molecule has 0 saturated carbocycles. The Bertz CT molecular complexity index is 876. The van der Waals surface area contributed by atoms with Crippen molar-refractivity contribution in [3.8, 4) is 0 Å². The molecule has 4 rings (SSSR count). The quantitative estimate of drug-likeness (QED) is 0.679. The Morgan fingerprint density at radius 1 is 1.08 bits per heavy atom. The third-order valence-electron chi connectivity index (χ3n) is 4.58. The number of anilines is 2. The second kappa shape index (κ2) is 7.05. The lowest BCUT2D eigenvalue weighted by molar-refractivity contribution is 0.575. The Balaban J connectivity index is 1.76. The Hall–Kier alpha value is -2.44. The molecule has 0 spiro atoms. The van der Waals surface area contributed by atoms with E-state index in [1.54, 1.807) is 11.3 Å². The average Bonchev–Trinajstić information content (AvgIpc) is 3.30. The summed E-state index contributed by atoms with van der Waals surface area (Å²) in [5.41, 5.74) is 3.26. The van der Waals surface area contributed by atoms with Gasteiger partial charge in [0.25, 0.3) is 0 Å². The molecule has 0 amide bonds. The van der Waals surface area contributed by atoms with E-state index < -0.39 is 0 Å². The summed E-state index contributed by atoms with van der Waals surface area (Å²) in [6, 6.07) is 18.9. The molecule has 1 N–H and O–H groups in total. The van der Waals surface area contributed by atoms with E-state index in [9.17, 15) is 0 Å². The molecular formula is C20H20N4S2. The van der Waals surface area contributed by atoms with Crippen LogP contribution in [0.1, 0.15) is 22.7 Å². The number of aromatic nitrogens is 1. The Morgan fingerprint density at radius 2 is 1.88 bits per heavy atom. The van der Waals surface area contributed by atoms with Crippen LogP contribution in [0.15, 0.2) is 66.2 Å². The first kappa shape index (κ1) is 17.0. The van der Waals surface area contributed by atoms with Crippen LogP contribution in [0.4, 0.5) is 11.4 Å². The topological polar surface area (TPSA) is 31.4 Å². The van der Waals surface area contributed by atoms with E-state index in [2.05, 4.69) is 67.9 Å². The summed E-state index contributed by atoms with van der Waals surface area (Å²) in [4.78, 5) is 10.1. The van der Waals surface area contributed by atoms with Gasteiger partial charge in [0.05, 0.1) is 17.8 Å². The zero-order valence-electron chi connectivity index (χ0n) is 14.7. The highest BCUT2D eigenvalue weighted by atomic mass is 32.1. The van der Waals surface area contributed by atoms with Gasteiger partial charge in [-0.25, -0.2) is 0 Å². The van der Waals surface area contributed by atoms with Crippen LogP contribution in [0.2, 0.25) is 0 Å². The van der Waals surface area contributed by atoms with Gasteiger partial charge in [0.15, 0.2) is 5.11 Å².